The molecule has 0 saturated carbocycles. The Kier molecular flexibility index (Phi) is 9.78. The second-order valence-corrected chi connectivity index (χ2v) is 7.10. The van der Waals surface area contributed by atoms with Gasteiger partial charge in [0.2, 0.25) is 0 Å². The Bertz CT molecular complexity index is 708. The molecule has 28 heavy (non-hydrogen) atoms. The van der Waals surface area contributed by atoms with Crippen molar-refractivity contribution in [2.45, 2.75) is 38.8 Å². The van der Waals surface area contributed by atoms with Crippen LogP contribution < -0.4 is 10.6 Å². The van der Waals surface area contributed by atoms with Gasteiger partial charge in [-0.3, -0.25) is 4.99 Å². The Hall–Kier alpha value is -1.60. The summed E-state index contributed by atoms with van der Waals surface area (Å²) in [6.07, 6.45) is 2.39. The quantitative estimate of drug-likeness (QED) is 0.335. The molecule has 2 aromatic rings. The van der Waals surface area contributed by atoms with Gasteiger partial charge in [-0.1, -0.05) is 60.7 Å². The molecule has 5 heteroatoms. The first-order valence-electron chi connectivity index (χ1n) is 10.0. The van der Waals surface area contributed by atoms with Gasteiger partial charge in [-0.2, -0.15) is 0 Å². The molecule has 1 saturated heterocycles. The van der Waals surface area contributed by atoms with Crippen LogP contribution in [0.25, 0.3) is 0 Å². The van der Waals surface area contributed by atoms with E-state index in [9.17, 15) is 0 Å². The summed E-state index contributed by atoms with van der Waals surface area (Å²) in [5, 5.41) is 6.90. The summed E-state index contributed by atoms with van der Waals surface area (Å²) < 4.78 is 6.11. The number of rotatable bonds is 6. The Balaban J connectivity index is 0.00000280. The van der Waals surface area contributed by atoms with E-state index in [0.717, 1.165) is 38.5 Å². The van der Waals surface area contributed by atoms with E-state index >= 15 is 0 Å². The van der Waals surface area contributed by atoms with Crippen molar-refractivity contribution in [2.24, 2.45) is 10.9 Å². The third kappa shape index (κ3) is 6.48. The second kappa shape index (κ2) is 12.1. The molecule has 0 aromatic heterocycles. The van der Waals surface area contributed by atoms with E-state index in [4.69, 9.17) is 9.73 Å². The van der Waals surface area contributed by atoms with Crippen molar-refractivity contribution in [1.82, 2.24) is 10.6 Å². The summed E-state index contributed by atoms with van der Waals surface area (Å²) in [6.45, 7) is 6.70. The van der Waals surface area contributed by atoms with E-state index in [1.54, 1.807) is 0 Å². The maximum Gasteiger partial charge on any atom is 0.191 e. The number of aliphatic imine (C=N–C) groups is 1. The summed E-state index contributed by atoms with van der Waals surface area (Å²) in [5.41, 5.74) is 2.51. The van der Waals surface area contributed by atoms with Gasteiger partial charge in [-0.15, -0.1) is 24.0 Å². The molecule has 0 amide bonds. The number of hydrogen-bond donors (Lipinski definition) is 2. The monoisotopic (exact) mass is 493 g/mol. The minimum absolute atomic E-state index is 0. The highest BCUT2D eigenvalue weighted by Crippen LogP contribution is 2.33. The lowest BCUT2D eigenvalue weighted by atomic mass is 9.89. The smallest absolute Gasteiger partial charge is 0.191 e. The number of nitrogens with one attached hydrogen (secondary N) is 2. The third-order valence-electron chi connectivity index (χ3n) is 5.05. The Morgan fingerprint density at radius 2 is 1.79 bits per heavy atom. The van der Waals surface area contributed by atoms with Crippen LogP contribution >= 0.6 is 24.0 Å². The first-order chi connectivity index (χ1) is 13.3. The van der Waals surface area contributed by atoms with Gasteiger partial charge in [-0.05, 0) is 37.8 Å². The molecule has 0 spiro atoms. The Labute approximate surface area is 186 Å². The van der Waals surface area contributed by atoms with Crippen LogP contribution in [0.5, 0.6) is 0 Å². The molecule has 2 aromatic carbocycles. The predicted molar refractivity (Wildman–Crippen MR) is 127 cm³/mol. The molecule has 3 atom stereocenters. The molecule has 3 rings (SSSR count). The highest BCUT2D eigenvalue weighted by Gasteiger charge is 2.27. The lowest BCUT2D eigenvalue weighted by Crippen LogP contribution is -2.39. The topological polar surface area (TPSA) is 45.7 Å². The van der Waals surface area contributed by atoms with E-state index in [-0.39, 0.29) is 36.1 Å². The highest BCUT2D eigenvalue weighted by atomic mass is 127. The molecule has 1 aliphatic rings. The zero-order valence-corrected chi connectivity index (χ0v) is 19.1. The second-order valence-electron chi connectivity index (χ2n) is 7.10. The zero-order chi connectivity index (χ0) is 18.9. The maximum atomic E-state index is 6.11. The van der Waals surface area contributed by atoms with E-state index in [1.165, 1.54) is 11.1 Å². The van der Waals surface area contributed by atoms with Crippen molar-refractivity contribution in [1.29, 1.82) is 0 Å². The zero-order valence-electron chi connectivity index (χ0n) is 16.8. The first-order valence-corrected chi connectivity index (χ1v) is 10.0. The van der Waals surface area contributed by atoms with Crippen LogP contribution in [-0.2, 0) is 4.74 Å². The van der Waals surface area contributed by atoms with Gasteiger partial charge in [0, 0.05) is 25.6 Å². The van der Waals surface area contributed by atoms with Gasteiger partial charge in [0.05, 0.1) is 12.1 Å². The minimum atomic E-state index is 0. The molecular weight excluding hydrogens is 461 g/mol. The molecule has 4 nitrogen and oxygen atoms in total. The van der Waals surface area contributed by atoms with Crippen molar-refractivity contribution in [3.63, 3.8) is 0 Å². The fourth-order valence-corrected chi connectivity index (χ4v) is 3.60. The van der Waals surface area contributed by atoms with Crippen LogP contribution in [-0.4, -0.2) is 25.7 Å². The van der Waals surface area contributed by atoms with E-state index in [0.29, 0.717) is 5.92 Å². The van der Waals surface area contributed by atoms with Crippen molar-refractivity contribution in [3.8, 4) is 0 Å². The van der Waals surface area contributed by atoms with Crippen molar-refractivity contribution in [3.05, 3.63) is 71.8 Å². The molecule has 152 valence electrons. The SMILES string of the molecule is CCNC(=NCC1CCCOC1c1ccccc1)NC(C)c1ccccc1.I. The lowest BCUT2D eigenvalue weighted by Gasteiger charge is -2.31. The molecule has 1 aliphatic heterocycles. The summed E-state index contributed by atoms with van der Waals surface area (Å²) >= 11 is 0. The highest BCUT2D eigenvalue weighted by molar-refractivity contribution is 14.0. The standard InChI is InChI=1S/C23H31N3O.HI/c1-3-24-23(26-18(2)19-11-6-4-7-12-19)25-17-21-15-10-16-27-22(21)20-13-8-5-9-14-20;/h4-9,11-14,18,21-22H,3,10,15-17H2,1-2H3,(H2,24,25,26);1H. The normalized spacial score (nSPS) is 20.7. The number of halogens is 1. The summed E-state index contributed by atoms with van der Waals surface area (Å²) in [4.78, 5) is 4.89. The van der Waals surface area contributed by atoms with E-state index in [2.05, 4.69) is 79.1 Å². The summed E-state index contributed by atoms with van der Waals surface area (Å²) in [5.74, 6) is 1.27. The van der Waals surface area contributed by atoms with Crippen molar-refractivity contribution >= 4 is 29.9 Å². The van der Waals surface area contributed by atoms with E-state index < -0.39 is 0 Å². The Morgan fingerprint density at radius 1 is 1.11 bits per heavy atom. The van der Waals surface area contributed by atoms with Gasteiger partial charge in [0.15, 0.2) is 5.96 Å². The van der Waals surface area contributed by atoms with Crippen LogP contribution in [0.1, 0.15) is 50.0 Å². The van der Waals surface area contributed by atoms with Gasteiger partial charge < -0.3 is 15.4 Å². The Morgan fingerprint density at radius 3 is 2.46 bits per heavy atom. The average molecular weight is 493 g/mol. The van der Waals surface area contributed by atoms with Crippen LogP contribution in [0, 0.1) is 5.92 Å². The number of hydrogen-bond acceptors (Lipinski definition) is 2. The molecule has 0 aliphatic carbocycles. The first kappa shape index (κ1) is 22.7. The van der Waals surface area contributed by atoms with Crippen LogP contribution in [0.3, 0.4) is 0 Å². The number of ether oxygens (including phenoxy) is 1. The summed E-state index contributed by atoms with van der Waals surface area (Å²) in [6, 6.07) is 21.2. The molecule has 1 heterocycles. The molecule has 0 radical (unpaired) electrons. The third-order valence-corrected chi connectivity index (χ3v) is 5.05. The van der Waals surface area contributed by atoms with Crippen LogP contribution in [0.4, 0.5) is 0 Å². The molecule has 3 unspecified atom stereocenters. The molecule has 1 fully saturated rings. The van der Waals surface area contributed by atoms with Gasteiger partial charge in [0.1, 0.15) is 0 Å². The van der Waals surface area contributed by atoms with Crippen molar-refractivity contribution < 1.29 is 4.74 Å². The molecule has 0 bridgehead atoms. The van der Waals surface area contributed by atoms with E-state index in [1.807, 2.05) is 6.07 Å². The fraction of sp³-hybridized carbons (Fsp3) is 0.435. The van der Waals surface area contributed by atoms with Crippen LogP contribution in [0.15, 0.2) is 65.7 Å². The van der Waals surface area contributed by atoms with Gasteiger partial charge in [-0.25, -0.2) is 0 Å². The summed E-state index contributed by atoms with van der Waals surface area (Å²) in [7, 11) is 0. The fourth-order valence-electron chi connectivity index (χ4n) is 3.60. The lowest BCUT2D eigenvalue weighted by molar-refractivity contribution is -0.0250. The van der Waals surface area contributed by atoms with Crippen molar-refractivity contribution in [2.75, 3.05) is 19.7 Å². The minimum Gasteiger partial charge on any atom is -0.373 e. The number of nitrogens with zero attached hydrogens (tertiary/aromatic N) is 1. The number of guanidine groups is 1. The number of benzene rings is 2. The molecular formula is C23H32IN3O. The predicted octanol–water partition coefficient (Wildman–Crippen LogP) is 5.09. The van der Waals surface area contributed by atoms with Gasteiger partial charge >= 0.3 is 0 Å². The average Bonchev–Trinajstić information content (AvgIpc) is 2.73. The van der Waals surface area contributed by atoms with Gasteiger partial charge in [0.25, 0.3) is 0 Å². The maximum absolute atomic E-state index is 6.11. The molecule has 2 N–H and O–H groups in total. The van der Waals surface area contributed by atoms with Crippen LogP contribution in [0.2, 0.25) is 0 Å². The largest absolute Gasteiger partial charge is 0.373 e.